The SMILES string of the molecule is CC1(C)Oc2c(O)cccc2[C@@H]2O[C@@H]3CCCN(CC(N)=O)[C@@H]3C[C@H]21. The van der Waals surface area contributed by atoms with E-state index < -0.39 is 5.60 Å². The van der Waals surface area contributed by atoms with Gasteiger partial charge in [-0.1, -0.05) is 12.1 Å². The number of nitrogens with zero attached hydrogens (tertiary/aromatic N) is 1. The van der Waals surface area contributed by atoms with Crippen LogP contribution in [0.25, 0.3) is 0 Å². The number of primary amides is 1. The van der Waals surface area contributed by atoms with Crippen LogP contribution >= 0.6 is 0 Å². The summed E-state index contributed by atoms with van der Waals surface area (Å²) in [4.78, 5) is 13.6. The molecule has 3 aliphatic rings. The predicted molar refractivity (Wildman–Crippen MR) is 92.3 cm³/mol. The fourth-order valence-electron chi connectivity index (χ4n) is 4.77. The van der Waals surface area contributed by atoms with Crippen LogP contribution in [0.15, 0.2) is 18.2 Å². The largest absolute Gasteiger partial charge is 0.504 e. The minimum absolute atomic E-state index is 0.0819. The first kappa shape index (κ1) is 16.7. The summed E-state index contributed by atoms with van der Waals surface area (Å²) in [5.74, 6) is 0.555. The number of phenols is 1. The van der Waals surface area contributed by atoms with Gasteiger partial charge >= 0.3 is 0 Å². The van der Waals surface area contributed by atoms with Crippen molar-refractivity contribution in [3.05, 3.63) is 23.8 Å². The molecule has 0 aromatic heterocycles. The van der Waals surface area contributed by atoms with Gasteiger partial charge in [0.25, 0.3) is 0 Å². The summed E-state index contributed by atoms with van der Waals surface area (Å²) in [5.41, 5.74) is 5.90. The first-order valence-corrected chi connectivity index (χ1v) is 9.05. The molecule has 6 heteroatoms. The normalized spacial score (nSPS) is 33.5. The third-order valence-corrected chi connectivity index (χ3v) is 5.96. The number of likely N-dealkylation sites (tertiary alicyclic amines) is 1. The number of ether oxygens (including phenoxy) is 2. The van der Waals surface area contributed by atoms with Crippen molar-refractivity contribution in [2.75, 3.05) is 13.1 Å². The molecule has 0 bridgehead atoms. The monoisotopic (exact) mass is 346 g/mol. The zero-order valence-corrected chi connectivity index (χ0v) is 14.8. The molecule has 0 unspecified atom stereocenters. The number of fused-ring (bicyclic) bond motifs is 4. The van der Waals surface area contributed by atoms with E-state index in [-0.39, 0.29) is 42.4 Å². The van der Waals surface area contributed by atoms with Crippen LogP contribution in [-0.4, -0.2) is 46.7 Å². The molecule has 3 aliphatic heterocycles. The lowest BCUT2D eigenvalue weighted by Gasteiger charge is -2.54. The van der Waals surface area contributed by atoms with Gasteiger partial charge in [0.2, 0.25) is 5.91 Å². The summed E-state index contributed by atoms with van der Waals surface area (Å²) in [7, 11) is 0. The van der Waals surface area contributed by atoms with Crippen LogP contribution < -0.4 is 10.5 Å². The molecule has 0 radical (unpaired) electrons. The Hall–Kier alpha value is -1.79. The second-order valence-electron chi connectivity index (χ2n) is 7.98. The van der Waals surface area contributed by atoms with Crippen LogP contribution in [0.2, 0.25) is 0 Å². The number of carbonyl (C=O) groups is 1. The molecule has 0 saturated carbocycles. The third-order valence-electron chi connectivity index (χ3n) is 5.96. The number of benzene rings is 1. The van der Waals surface area contributed by atoms with E-state index in [1.165, 1.54) is 0 Å². The summed E-state index contributed by atoms with van der Waals surface area (Å²) in [6, 6.07) is 5.65. The van der Waals surface area contributed by atoms with Crippen LogP contribution in [0.1, 0.15) is 44.8 Å². The van der Waals surface area contributed by atoms with Crippen LogP contribution in [0.4, 0.5) is 0 Å². The first-order chi connectivity index (χ1) is 11.9. The molecule has 0 aliphatic carbocycles. The lowest BCUT2D eigenvalue weighted by molar-refractivity contribution is -0.189. The lowest BCUT2D eigenvalue weighted by Crippen LogP contribution is -2.59. The van der Waals surface area contributed by atoms with Crippen molar-refractivity contribution < 1.29 is 19.4 Å². The van der Waals surface area contributed by atoms with E-state index in [0.29, 0.717) is 5.75 Å². The molecule has 3 N–H and O–H groups in total. The number of phenolic OH excluding ortho intramolecular Hbond substituents is 1. The molecule has 0 spiro atoms. The van der Waals surface area contributed by atoms with Crippen molar-refractivity contribution in [2.45, 2.75) is 57.0 Å². The van der Waals surface area contributed by atoms with Gasteiger partial charge in [0, 0.05) is 17.5 Å². The molecular formula is C19H26N2O4. The topological polar surface area (TPSA) is 85.0 Å². The van der Waals surface area contributed by atoms with Crippen molar-refractivity contribution in [3.8, 4) is 11.5 Å². The van der Waals surface area contributed by atoms with Gasteiger partial charge in [-0.05, 0) is 45.7 Å². The van der Waals surface area contributed by atoms with Gasteiger partial charge in [0.05, 0.1) is 18.8 Å². The molecule has 1 aromatic rings. The highest BCUT2D eigenvalue weighted by molar-refractivity contribution is 5.76. The van der Waals surface area contributed by atoms with Gasteiger partial charge in [0.1, 0.15) is 5.60 Å². The molecule has 4 atom stereocenters. The lowest BCUT2D eigenvalue weighted by atomic mass is 9.72. The molecule has 2 fully saturated rings. The summed E-state index contributed by atoms with van der Waals surface area (Å²) in [5, 5.41) is 10.2. The Morgan fingerprint density at radius 2 is 2.24 bits per heavy atom. The van der Waals surface area contributed by atoms with Crippen LogP contribution in [0.5, 0.6) is 11.5 Å². The standard InChI is InChI=1S/C19H26N2O4/c1-19(2)12-9-13-15(7-4-8-21(13)10-16(20)23)24-17(12)11-5-3-6-14(22)18(11)25-19/h3,5-6,12-13,15,17,22H,4,7-10H2,1-2H3,(H2,20,23)/t12-,13-,15-,17+/m1/s1. The zero-order chi connectivity index (χ0) is 17.8. The summed E-state index contributed by atoms with van der Waals surface area (Å²) < 4.78 is 12.7. The van der Waals surface area contributed by atoms with Gasteiger partial charge in [-0.2, -0.15) is 0 Å². The Morgan fingerprint density at radius 1 is 1.44 bits per heavy atom. The van der Waals surface area contributed by atoms with Gasteiger partial charge < -0.3 is 20.3 Å². The van der Waals surface area contributed by atoms with Crippen molar-refractivity contribution in [1.29, 1.82) is 0 Å². The predicted octanol–water partition coefficient (Wildman–Crippen LogP) is 1.96. The van der Waals surface area contributed by atoms with E-state index in [4.69, 9.17) is 15.2 Å². The number of carbonyl (C=O) groups excluding carboxylic acids is 1. The van der Waals surface area contributed by atoms with E-state index in [9.17, 15) is 9.90 Å². The molecule has 1 aromatic carbocycles. The first-order valence-electron chi connectivity index (χ1n) is 9.05. The van der Waals surface area contributed by atoms with E-state index in [0.717, 1.165) is 31.4 Å². The van der Waals surface area contributed by atoms with Crippen molar-refractivity contribution >= 4 is 5.91 Å². The molecule has 25 heavy (non-hydrogen) atoms. The molecule has 1 amide bonds. The summed E-state index contributed by atoms with van der Waals surface area (Å²) in [6.07, 6.45) is 2.86. The Kier molecular flexibility index (Phi) is 3.92. The number of hydrogen-bond donors (Lipinski definition) is 2. The number of piperidine rings is 1. The quantitative estimate of drug-likeness (QED) is 0.855. The number of rotatable bonds is 2. The molecule has 4 rings (SSSR count). The van der Waals surface area contributed by atoms with Crippen LogP contribution in [0, 0.1) is 5.92 Å². The van der Waals surface area contributed by atoms with Gasteiger partial charge in [-0.25, -0.2) is 0 Å². The summed E-state index contributed by atoms with van der Waals surface area (Å²) in [6.45, 7) is 5.25. The Labute approximate surface area is 147 Å². The number of nitrogens with two attached hydrogens (primary N) is 1. The molecule has 6 nitrogen and oxygen atoms in total. The number of aromatic hydroxyl groups is 1. The Morgan fingerprint density at radius 3 is 3.00 bits per heavy atom. The highest BCUT2D eigenvalue weighted by Gasteiger charge is 2.52. The van der Waals surface area contributed by atoms with E-state index >= 15 is 0 Å². The minimum Gasteiger partial charge on any atom is -0.504 e. The van der Waals surface area contributed by atoms with Crippen molar-refractivity contribution in [3.63, 3.8) is 0 Å². The average Bonchev–Trinajstić information content (AvgIpc) is 2.54. The molecule has 2 saturated heterocycles. The summed E-state index contributed by atoms with van der Waals surface area (Å²) >= 11 is 0. The highest BCUT2D eigenvalue weighted by Crippen LogP contribution is 2.54. The van der Waals surface area contributed by atoms with Crippen molar-refractivity contribution in [2.24, 2.45) is 11.7 Å². The average molecular weight is 346 g/mol. The zero-order valence-electron chi connectivity index (χ0n) is 14.8. The smallest absolute Gasteiger partial charge is 0.231 e. The number of hydrogen-bond acceptors (Lipinski definition) is 5. The number of para-hydroxylation sites is 1. The van der Waals surface area contributed by atoms with Crippen LogP contribution in [-0.2, 0) is 9.53 Å². The maximum Gasteiger partial charge on any atom is 0.231 e. The third kappa shape index (κ3) is 2.77. The maximum atomic E-state index is 11.4. The van der Waals surface area contributed by atoms with Crippen LogP contribution in [0.3, 0.4) is 0 Å². The Balaban J connectivity index is 1.68. The second kappa shape index (κ2) is 5.88. The van der Waals surface area contributed by atoms with E-state index in [1.54, 1.807) is 6.07 Å². The number of amides is 1. The van der Waals surface area contributed by atoms with E-state index in [2.05, 4.69) is 4.90 Å². The highest BCUT2D eigenvalue weighted by atomic mass is 16.5. The Bertz CT molecular complexity index is 690. The molecular weight excluding hydrogens is 320 g/mol. The fourth-order valence-corrected chi connectivity index (χ4v) is 4.77. The molecule has 136 valence electrons. The van der Waals surface area contributed by atoms with E-state index in [1.807, 2.05) is 26.0 Å². The van der Waals surface area contributed by atoms with Gasteiger partial charge in [0.15, 0.2) is 11.5 Å². The minimum atomic E-state index is -0.461. The second-order valence-corrected chi connectivity index (χ2v) is 7.98. The molecule has 3 heterocycles. The van der Waals surface area contributed by atoms with Gasteiger partial charge in [-0.15, -0.1) is 0 Å². The van der Waals surface area contributed by atoms with Crippen molar-refractivity contribution in [1.82, 2.24) is 4.90 Å². The maximum absolute atomic E-state index is 11.4. The van der Waals surface area contributed by atoms with Gasteiger partial charge in [-0.3, -0.25) is 9.69 Å². The fraction of sp³-hybridized carbons (Fsp3) is 0.632.